The second kappa shape index (κ2) is 7.54. The van der Waals surface area contributed by atoms with Crippen LogP contribution in [0.25, 0.3) is 0 Å². The number of rotatable bonds is 3. The number of halogens is 1. The van der Waals surface area contributed by atoms with E-state index in [9.17, 15) is 4.79 Å². The number of hydrogen-bond acceptors (Lipinski definition) is 5. The second-order valence-corrected chi connectivity index (χ2v) is 6.55. The van der Waals surface area contributed by atoms with Crippen LogP contribution in [0, 0.1) is 24.2 Å². The molecule has 2 heterocycles. The lowest BCUT2D eigenvalue weighted by Gasteiger charge is -2.31. The molecule has 1 fully saturated rings. The fraction of sp³-hybridized carbons (Fsp3) is 0.316. The molecule has 1 aliphatic heterocycles. The van der Waals surface area contributed by atoms with Gasteiger partial charge < -0.3 is 9.64 Å². The van der Waals surface area contributed by atoms with Crippen LogP contribution in [0.4, 0.5) is 5.82 Å². The van der Waals surface area contributed by atoms with Crippen LogP contribution < -0.4 is 9.64 Å². The molecule has 128 valence electrons. The van der Waals surface area contributed by atoms with Crippen molar-refractivity contribution in [3.05, 3.63) is 52.7 Å². The number of aryl methyl sites for hydroxylation is 1. The fourth-order valence-corrected chi connectivity index (χ4v) is 3.13. The molecule has 0 bridgehead atoms. The highest BCUT2D eigenvalue weighted by atomic mass is 35.5. The number of anilines is 1. The molecule has 3 rings (SSSR count). The van der Waals surface area contributed by atoms with Gasteiger partial charge in [0.25, 0.3) is 0 Å². The van der Waals surface area contributed by atoms with E-state index in [-0.39, 0.29) is 11.9 Å². The van der Waals surface area contributed by atoms with Crippen molar-refractivity contribution in [2.45, 2.75) is 19.8 Å². The third-order valence-electron chi connectivity index (χ3n) is 4.38. The molecule has 2 aromatic rings. The van der Waals surface area contributed by atoms with Gasteiger partial charge in [-0.25, -0.2) is 4.98 Å². The lowest BCUT2D eigenvalue weighted by atomic mass is 9.97. The lowest BCUT2D eigenvalue weighted by Crippen LogP contribution is -2.38. The molecule has 5 nitrogen and oxygen atoms in total. The molecule has 1 aromatic carbocycles. The van der Waals surface area contributed by atoms with Crippen molar-refractivity contribution in [2.75, 3.05) is 18.0 Å². The zero-order valence-corrected chi connectivity index (χ0v) is 14.7. The van der Waals surface area contributed by atoms with Crippen molar-refractivity contribution >= 4 is 23.4 Å². The number of nitrogens with zero attached hydrogens (tertiary/aromatic N) is 3. The summed E-state index contributed by atoms with van der Waals surface area (Å²) in [6.07, 6.45) is 3.00. The molecule has 0 aliphatic carbocycles. The molecule has 0 saturated carbocycles. The monoisotopic (exact) mass is 355 g/mol. The number of carbonyl (C=O) groups excluding carboxylic acids is 1. The summed E-state index contributed by atoms with van der Waals surface area (Å²) in [7, 11) is 0. The van der Waals surface area contributed by atoms with Crippen molar-refractivity contribution in [2.24, 2.45) is 5.92 Å². The van der Waals surface area contributed by atoms with Gasteiger partial charge in [0.15, 0.2) is 0 Å². The molecular formula is C19H18ClN3O2. The molecule has 0 unspecified atom stereocenters. The van der Waals surface area contributed by atoms with Gasteiger partial charge in [0.2, 0.25) is 0 Å². The van der Waals surface area contributed by atoms with Crippen LogP contribution in [0.15, 0.2) is 36.5 Å². The molecule has 0 radical (unpaired) electrons. The maximum atomic E-state index is 12.4. The molecule has 0 N–H and O–H groups in total. The van der Waals surface area contributed by atoms with E-state index in [2.05, 4.69) is 16.0 Å². The normalized spacial score (nSPS) is 14.8. The molecule has 0 amide bonds. The van der Waals surface area contributed by atoms with Crippen molar-refractivity contribution in [3.63, 3.8) is 0 Å². The van der Waals surface area contributed by atoms with Crippen molar-refractivity contribution in [1.29, 1.82) is 5.26 Å². The summed E-state index contributed by atoms with van der Waals surface area (Å²) in [4.78, 5) is 18.8. The average molecular weight is 356 g/mol. The zero-order valence-electron chi connectivity index (χ0n) is 13.9. The molecule has 0 spiro atoms. The van der Waals surface area contributed by atoms with E-state index in [1.807, 2.05) is 13.0 Å². The summed E-state index contributed by atoms with van der Waals surface area (Å²) in [6.45, 7) is 3.34. The van der Waals surface area contributed by atoms with Gasteiger partial charge in [0.1, 0.15) is 17.6 Å². The van der Waals surface area contributed by atoms with Gasteiger partial charge in [0, 0.05) is 24.3 Å². The van der Waals surface area contributed by atoms with Crippen LogP contribution in [0.1, 0.15) is 24.0 Å². The van der Waals surface area contributed by atoms with Crippen LogP contribution in [-0.2, 0) is 4.79 Å². The van der Waals surface area contributed by atoms with Crippen LogP contribution in [0.2, 0.25) is 5.02 Å². The summed E-state index contributed by atoms with van der Waals surface area (Å²) in [5.74, 6) is 1.08. The Morgan fingerprint density at radius 2 is 2.08 bits per heavy atom. The fourth-order valence-electron chi connectivity index (χ4n) is 2.90. The minimum atomic E-state index is -0.196. The highest BCUT2D eigenvalue weighted by molar-refractivity contribution is 6.30. The Labute approximate surface area is 151 Å². The summed E-state index contributed by atoms with van der Waals surface area (Å²) in [6, 6.07) is 10.9. The summed E-state index contributed by atoms with van der Waals surface area (Å²) in [5.41, 5.74) is 1.39. The molecule has 1 aromatic heterocycles. The average Bonchev–Trinajstić information content (AvgIpc) is 2.64. The van der Waals surface area contributed by atoms with E-state index in [4.69, 9.17) is 21.6 Å². The largest absolute Gasteiger partial charge is 0.426 e. The van der Waals surface area contributed by atoms with Crippen LogP contribution in [0.3, 0.4) is 0 Å². The Bertz CT molecular complexity index is 806. The maximum Gasteiger partial charge on any atom is 0.314 e. The number of nitriles is 1. The number of piperidine rings is 1. The smallest absolute Gasteiger partial charge is 0.314 e. The van der Waals surface area contributed by atoms with E-state index in [1.165, 1.54) is 0 Å². The third kappa shape index (κ3) is 4.09. The Balaban J connectivity index is 1.57. The van der Waals surface area contributed by atoms with Crippen LogP contribution in [0.5, 0.6) is 5.75 Å². The van der Waals surface area contributed by atoms with Gasteiger partial charge in [-0.1, -0.05) is 11.6 Å². The highest BCUT2D eigenvalue weighted by Crippen LogP contribution is 2.26. The topological polar surface area (TPSA) is 66.2 Å². The van der Waals surface area contributed by atoms with E-state index in [1.54, 1.807) is 30.5 Å². The first-order valence-corrected chi connectivity index (χ1v) is 8.53. The van der Waals surface area contributed by atoms with E-state index >= 15 is 0 Å². The molecule has 1 saturated heterocycles. The van der Waals surface area contributed by atoms with Crippen molar-refractivity contribution < 1.29 is 9.53 Å². The Hall–Kier alpha value is -2.58. The number of hydrogen-bond donors (Lipinski definition) is 0. The Morgan fingerprint density at radius 1 is 1.32 bits per heavy atom. The van der Waals surface area contributed by atoms with Crippen molar-refractivity contribution in [3.8, 4) is 11.8 Å². The standard InChI is InChI=1S/C19H18ClN3O2/c1-13-10-16(20)3-4-17(13)25-19(24)15-6-8-23(9-7-15)18-5-2-14(11-21)12-22-18/h2-5,10,12,15H,6-9H2,1H3. The van der Waals surface area contributed by atoms with Gasteiger partial charge >= 0.3 is 5.97 Å². The van der Waals surface area contributed by atoms with Gasteiger partial charge in [0.05, 0.1) is 11.5 Å². The van der Waals surface area contributed by atoms with Gasteiger partial charge in [-0.15, -0.1) is 0 Å². The summed E-state index contributed by atoms with van der Waals surface area (Å²) >= 11 is 5.93. The molecule has 1 aliphatic rings. The van der Waals surface area contributed by atoms with Gasteiger partial charge in [-0.2, -0.15) is 5.26 Å². The number of carbonyl (C=O) groups is 1. The summed E-state index contributed by atoms with van der Waals surface area (Å²) in [5, 5.41) is 9.45. The van der Waals surface area contributed by atoms with E-state index in [0.717, 1.165) is 24.5 Å². The molecule has 6 heteroatoms. The number of benzene rings is 1. The van der Waals surface area contributed by atoms with E-state index in [0.29, 0.717) is 29.2 Å². The zero-order chi connectivity index (χ0) is 17.8. The molecular weight excluding hydrogens is 338 g/mol. The van der Waals surface area contributed by atoms with Crippen molar-refractivity contribution in [1.82, 2.24) is 4.98 Å². The number of pyridine rings is 1. The molecule has 0 atom stereocenters. The first kappa shape index (κ1) is 17.2. The third-order valence-corrected chi connectivity index (χ3v) is 4.61. The second-order valence-electron chi connectivity index (χ2n) is 6.11. The Morgan fingerprint density at radius 3 is 2.68 bits per heavy atom. The minimum absolute atomic E-state index is 0.121. The van der Waals surface area contributed by atoms with Gasteiger partial charge in [-0.3, -0.25) is 4.79 Å². The first-order chi connectivity index (χ1) is 12.1. The SMILES string of the molecule is Cc1cc(Cl)ccc1OC(=O)C1CCN(c2ccc(C#N)cn2)CC1. The minimum Gasteiger partial charge on any atom is -0.426 e. The van der Waals surface area contributed by atoms with E-state index < -0.39 is 0 Å². The molecule has 25 heavy (non-hydrogen) atoms. The predicted octanol–water partition coefficient (Wildman–Crippen LogP) is 3.74. The number of aromatic nitrogens is 1. The van der Waals surface area contributed by atoms with Crippen LogP contribution in [-0.4, -0.2) is 24.0 Å². The van der Waals surface area contributed by atoms with Gasteiger partial charge in [-0.05, 0) is 55.7 Å². The lowest BCUT2D eigenvalue weighted by molar-refractivity contribution is -0.139. The predicted molar refractivity (Wildman–Crippen MR) is 95.7 cm³/mol. The Kier molecular flexibility index (Phi) is 5.20. The summed E-state index contributed by atoms with van der Waals surface area (Å²) < 4.78 is 5.54. The van der Waals surface area contributed by atoms with Crippen LogP contribution >= 0.6 is 11.6 Å². The number of ether oxygens (including phenoxy) is 1. The highest BCUT2D eigenvalue weighted by Gasteiger charge is 2.27. The number of esters is 1. The maximum absolute atomic E-state index is 12.4. The first-order valence-electron chi connectivity index (χ1n) is 8.16. The quantitative estimate of drug-likeness (QED) is 0.619.